The molecule has 0 aliphatic carbocycles. The first-order valence-corrected chi connectivity index (χ1v) is 7.14. The van der Waals surface area contributed by atoms with E-state index in [0.717, 1.165) is 32.2 Å². The average molecular weight is 315 g/mol. The third kappa shape index (κ3) is 3.98. The second-order valence-electron chi connectivity index (χ2n) is 5.53. The Balaban J connectivity index is 2.24. The number of rotatable bonds is 3. The maximum Gasteiger partial charge on any atom is 0.416 e. The van der Waals surface area contributed by atoms with Crippen LogP contribution < -0.4 is 5.32 Å². The Bertz CT molecular complexity index is 537. The molecule has 0 spiro atoms. The molecule has 0 unspecified atom stereocenters. The van der Waals surface area contributed by atoms with Gasteiger partial charge in [-0.2, -0.15) is 13.2 Å². The highest BCUT2D eigenvalue weighted by molar-refractivity contribution is 5.94. The lowest BCUT2D eigenvalue weighted by Crippen LogP contribution is -2.44. The van der Waals surface area contributed by atoms with Gasteiger partial charge in [0.05, 0.1) is 5.56 Å². The number of benzene rings is 1. The van der Waals surface area contributed by atoms with E-state index in [1.807, 2.05) is 11.9 Å². The molecule has 0 radical (unpaired) electrons. The van der Waals surface area contributed by atoms with Gasteiger partial charge < -0.3 is 10.2 Å². The Morgan fingerprint density at radius 2 is 1.86 bits per heavy atom. The number of likely N-dealkylation sites (N-methyl/N-ethyl adjacent to an activating group) is 1. The van der Waals surface area contributed by atoms with Crippen molar-refractivity contribution in [2.24, 2.45) is 0 Å². The van der Waals surface area contributed by atoms with Crippen LogP contribution in [0.5, 0.6) is 0 Å². The van der Waals surface area contributed by atoms with Gasteiger partial charge in [-0.05, 0) is 24.7 Å². The smallest absolute Gasteiger partial charge is 0.355 e. The van der Waals surface area contributed by atoms with Crippen molar-refractivity contribution < 1.29 is 18.0 Å². The van der Waals surface area contributed by atoms with Crippen LogP contribution in [0, 0.1) is 0 Å². The molecule has 4 nitrogen and oxygen atoms in total. The molecule has 0 bridgehead atoms. The number of nitrogens with one attached hydrogen (secondary N) is 1. The van der Waals surface area contributed by atoms with Crippen molar-refractivity contribution in [3.05, 3.63) is 34.9 Å². The van der Waals surface area contributed by atoms with E-state index in [9.17, 15) is 18.0 Å². The molecule has 1 aliphatic rings. The average Bonchev–Trinajstić information content (AvgIpc) is 2.48. The minimum atomic E-state index is -4.47. The zero-order valence-corrected chi connectivity index (χ0v) is 12.7. The van der Waals surface area contributed by atoms with Crippen LogP contribution in [0.3, 0.4) is 0 Å². The van der Waals surface area contributed by atoms with Crippen LogP contribution in [0.25, 0.3) is 0 Å². The van der Waals surface area contributed by atoms with Crippen molar-refractivity contribution in [2.75, 3.05) is 40.3 Å². The summed E-state index contributed by atoms with van der Waals surface area (Å²) in [5.74, 6) is -0.517. The van der Waals surface area contributed by atoms with Gasteiger partial charge in [0.2, 0.25) is 0 Å². The largest absolute Gasteiger partial charge is 0.416 e. The van der Waals surface area contributed by atoms with Gasteiger partial charge in [0.15, 0.2) is 0 Å². The molecule has 1 amide bonds. The molecule has 1 aromatic carbocycles. The number of piperazine rings is 1. The number of carbonyl (C=O) groups excluding carboxylic acids is 1. The van der Waals surface area contributed by atoms with Crippen LogP contribution in [0.15, 0.2) is 18.2 Å². The molecule has 1 aromatic rings. The summed E-state index contributed by atoms with van der Waals surface area (Å²) < 4.78 is 39.8. The molecule has 0 aromatic heterocycles. The third-order valence-corrected chi connectivity index (χ3v) is 3.89. The van der Waals surface area contributed by atoms with Gasteiger partial charge in [-0.25, -0.2) is 0 Å². The van der Waals surface area contributed by atoms with E-state index in [1.54, 1.807) is 0 Å². The molecule has 7 heteroatoms. The highest BCUT2D eigenvalue weighted by atomic mass is 19.4. The number of halogens is 3. The summed E-state index contributed by atoms with van der Waals surface area (Å²) >= 11 is 0. The summed E-state index contributed by atoms with van der Waals surface area (Å²) in [5.41, 5.74) is -0.491. The molecule has 0 atom stereocenters. The first-order valence-electron chi connectivity index (χ1n) is 7.14. The van der Waals surface area contributed by atoms with Gasteiger partial charge in [0.25, 0.3) is 5.91 Å². The van der Waals surface area contributed by atoms with E-state index in [4.69, 9.17) is 0 Å². The SMILES string of the molecule is CNC(=O)c1ccc(CN2CCN(C)CC2)c(C(F)(F)F)c1. The second-order valence-corrected chi connectivity index (χ2v) is 5.53. The van der Waals surface area contributed by atoms with E-state index in [-0.39, 0.29) is 17.7 Å². The first-order chi connectivity index (χ1) is 10.3. The normalized spacial score (nSPS) is 17.5. The van der Waals surface area contributed by atoms with Crippen LogP contribution in [0.4, 0.5) is 13.2 Å². The standard InChI is InChI=1S/C15H20F3N3O/c1-19-14(22)11-3-4-12(13(9-11)15(16,17)18)10-21-7-5-20(2)6-8-21/h3-4,9H,5-8,10H2,1-2H3,(H,19,22). The fourth-order valence-corrected chi connectivity index (χ4v) is 2.51. The number of hydrogen-bond acceptors (Lipinski definition) is 3. The summed E-state index contributed by atoms with van der Waals surface area (Å²) in [6, 6.07) is 3.79. The van der Waals surface area contributed by atoms with Crippen molar-refractivity contribution in [2.45, 2.75) is 12.7 Å². The fourth-order valence-electron chi connectivity index (χ4n) is 2.51. The lowest BCUT2D eigenvalue weighted by molar-refractivity contribution is -0.138. The summed E-state index contributed by atoms with van der Waals surface area (Å²) in [4.78, 5) is 15.7. The number of amides is 1. The number of hydrogen-bond donors (Lipinski definition) is 1. The topological polar surface area (TPSA) is 35.6 Å². The van der Waals surface area contributed by atoms with Crippen LogP contribution in [-0.2, 0) is 12.7 Å². The predicted molar refractivity (Wildman–Crippen MR) is 77.6 cm³/mol. The maximum atomic E-state index is 13.3. The number of nitrogens with zero attached hydrogens (tertiary/aromatic N) is 2. The second kappa shape index (κ2) is 6.66. The minimum absolute atomic E-state index is 0.0250. The zero-order valence-electron chi connectivity index (χ0n) is 12.7. The van der Waals surface area contributed by atoms with Crippen molar-refractivity contribution in [3.8, 4) is 0 Å². The Kier molecular flexibility index (Phi) is 5.08. The van der Waals surface area contributed by atoms with Crippen molar-refractivity contribution in [3.63, 3.8) is 0 Å². The van der Waals surface area contributed by atoms with Crippen molar-refractivity contribution in [1.29, 1.82) is 0 Å². The van der Waals surface area contributed by atoms with Crippen LogP contribution in [0.2, 0.25) is 0 Å². The van der Waals surface area contributed by atoms with Gasteiger partial charge in [0, 0.05) is 45.3 Å². The van der Waals surface area contributed by atoms with E-state index >= 15 is 0 Å². The lowest BCUT2D eigenvalue weighted by Gasteiger charge is -2.32. The Morgan fingerprint density at radius 3 is 2.41 bits per heavy atom. The molecule has 1 fully saturated rings. The van der Waals surface area contributed by atoms with E-state index in [2.05, 4.69) is 10.2 Å². The highest BCUT2D eigenvalue weighted by Crippen LogP contribution is 2.33. The number of alkyl halides is 3. The van der Waals surface area contributed by atoms with Crippen molar-refractivity contribution >= 4 is 5.91 Å². The maximum absolute atomic E-state index is 13.3. The summed E-state index contributed by atoms with van der Waals surface area (Å²) in [5, 5.41) is 2.34. The van der Waals surface area contributed by atoms with Gasteiger partial charge >= 0.3 is 6.18 Å². The van der Waals surface area contributed by atoms with Crippen molar-refractivity contribution in [1.82, 2.24) is 15.1 Å². The van der Waals surface area contributed by atoms with Gasteiger partial charge in [-0.1, -0.05) is 6.07 Å². The number of carbonyl (C=O) groups is 1. The van der Waals surface area contributed by atoms with Crippen LogP contribution >= 0.6 is 0 Å². The molecule has 122 valence electrons. The minimum Gasteiger partial charge on any atom is -0.355 e. The molecule has 2 rings (SSSR count). The molecule has 1 heterocycles. The molecule has 1 saturated heterocycles. The molecule has 22 heavy (non-hydrogen) atoms. The summed E-state index contributed by atoms with van der Waals surface area (Å²) in [6.45, 7) is 3.42. The van der Waals surface area contributed by atoms with E-state index in [0.29, 0.717) is 0 Å². The molecular formula is C15H20F3N3O. The first kappa shape index (κ1) is 16.8. The quantitative estimate of drug-likeness (QED) is 0.924. The van der Waals surface area contributed by atoms with E-state index < -0.39 is 17.6 Å². The Labute approximate surface area is 127 Å². The summed E-state index contributed by atoms with van der Waals surface area (Å²) in [6.07, 6.45) is -4.47. The Morgan fingerprint density at radius 1 is 1.23 bits per heavy atom. The third-order valence-electron chi connectivity index (χ3n) is 3.89. The lowest BCUT2D eigenvalue weighted by atomic mass is 10.0. The fraction of sp³-hybridized carbons (Fsp3) is 0.533. The molecular weight excluding hydrogens is 295 g/mol. The molecule has 0 saturated carbocycles. The van der Waals surface area contributed by atoms with E-state index in [1.165, 1.54) is 19.2 Å². The van der Waals surface area contributed by atoms with Gasteiger partial charge in [-0.15, -0.1) is 0 Å². The summed E-state index contributed by atoms with van der Waals surface area (Å²) in [7, 11) is 3.39. The van der Waals surface area contributed by atoms with Crippen LogP contribution in [-0.4, -0.2) is 56.0 Å². The molecule has 1 aliphatic heterocycles. The molecule has 1 N–H and O–H groups in total. The monoisotopic (exact) mass is 315 g/mol. The predicted octanol–water partition coefficient (Wildman–Crippen LogP) is 1.81. The zero-order chi connectivity index (χ0) is 16.3. The van der Waals surface area contributed by atoms with Crippen LogP contribution in [0.1, 0.15) is 21.5 Å². The van der Waals surface area contributed by atoms with Gasteiger partial charge in [-0.3, -0.25) is 9.69 Å². The Hall–Kier alpha value is -1.60. The van der Waals surface area contributed by atoms with Gasteiger partial charge in [0.1, 0.15) is 0 Å². The highest BCUT2D eigenvalue weighted by Gasteiger charge is 2.34.